The summed E-state index contributed by atoms with van der Waals surface area (Å²) in [6.07, 6.45) is 5.45. The molecule has 1 atom stereocenters. The smallest absolute Gasteiger partial charge is 0.105 e. The molecule has 0 aromatic carbocycles. The molecule has 0 fully saturated rings. The Labute approximate surface area is 112 Å². The molecule has 0 saturated heterocycles. The highest BCUT2D eigenvalue weighted by Crippen LogP contribution is 2.14. The predicted molar refractivity (Wildman–Crippen MR) is 76.8 cm³/mol. The monoisotopic (exact) mass is 252 g/mol. The number of hydrogen-bond acceptors (Lipinski definition) is 3. The summed E-state index contributed by atoms with van der Waals surface area (Å²) in [4.78, 5) is 2.43. The molecule has 1 aromatic rings. The van der Waals surface area contributed by atoms with Crippen molar-refractivity contribution in [2.45, 2.75) is 52.6 Å². The lowest BCUT2D eigenvalue weighted by Crippen LogP contribution is -2.39. The standard InChI is InChI=1S/C15H28N2O/c1-5-7-15(11-16-9-6-2)17(4)12-14-8-10-18-13(14)3/h8,10,15-16H,5-7,9,11-12H2,1-4H3. The molecule has 3 nitrogen and oxygen atoms in total. The SMILES string of the molecule is CCCNCC(CCC)N(C)Cc1ccoc1C. The Hall–Kier alpha value is -0.800. The zero-order chi connectivity index (χ0) is 13.4. The second-order valence-electron chi connectivity index (χ2n) is 5.06. The van der Waals surface area contributed by atoms with E-state index in [-0.39, 0.29) is 0 Å². The van der Waals surface area contributed by atoms with Crippen LogP contribution < -0.4 is 5.32 Å². The summed E-state index contributed by atoms with van der Waals surface area (Å²) in [6.45, 7) is 9.66. The molecule has 1 rings (SSSR count). The van der Waals surface area contributed by atoms with Crippen LogP contribution in [-0.2, 0) is 6.54 Å². The number of rotatable bonds is 9. The first-order valence-corrected chi connectivity index (χ1v) is 7.12. The van der Waals surface area contributed by atoms with E-state index in [9.17, 15) is 0 Å². The third kappa shape index (κ3) is 4.83. The molecule has 0 aliphatic carbocycles. The van der Waals surface area contributed by atoms with Crippen LogP contribution in [0.1, 0.15) is 44.4 Å². The van der Waals surface area contributed by atoms with Gasteiger partial charge in [-0.05, 0) is 39.4 Å². The van der Waals surface area contributed by atoms with Crippen LogP contribution in [0.2, 0.25) is 0 Å². The Morgan fingerprint density at radius 2 is 2.11 bits per heavy atom. The van der Waals surface area contributed by atoms with Crippen LogP contribution in [0.25, 0.3) is 0 Å². The summed E-state index contributed by atoms with van der Waals surface area (Å²) in [6, 6.07) is 2.68. The van der Waals surface area contributed by atoms with Crippen molar-refractivity contribution < 1.29 is 4.42 Å². The second-order valence-corrected chi connectivity index (χ2v) is 5.06. The Kier molecular flexibility index (Phi) is 7.06. The van der Waals surface area contributed by atoms with Crippen LogP contribution >= 0.6 is 0 Å². The Balaban J connectivity index is 2.48. The third-order valence-electron chi connectivity index (χ3n) is 3.44. The van der Waals surface area contributed by atoms with Gasteiger partial charge in [0.05, 0.1) is 6.26 Å². The number of nitrogens with zero attached hydrogens (tertiary/aromatic N) is 1. The summed E-state index contributed by atoms with van der Waals surface area (Å²) in [5.41, 5.74) is 1.30. The van der Waals surface area contributed by atoms with Gasteiger partial charge in [-0.15, -0.1) is 0 Å². The molecule has 0 aliphatic heterocycles. The van der Waals surface area contributed by atoms with Gasteiger partial charge in [0.1, 0.15) is 5.76 Å². The van der Waals surface area contributed by atoms with Crippen molar-refractivity contribution in [3.8, 4) is 0 Å². The summed E-state index contributed by atoms with van der Waals surface area (Å²) >= 11 is 0. The summed E-state index contributed by atoms with van der Waals surface area (Å²) in [5, 5.41) is 3.53. The largest absolute Gasteiger partial charge is 0.469 e. The van der Waals surface area contributed by atoms with Crippen molar-refractivity contribution >= 4 is 0 Å². The molecule has 0 bridgehead atoms. The molecular formula is C15H28N2O. The maximum Gasteiger partial charge on any atom is 0.105 e. The van der Waals surface area contributed by atoms with Crippen LogP contribution in [0, 0.1) is 6.92 Å². The average molecular weight is 252 g/mol. The van der Waals surface area contributed by atoms with E-state index in [1.165, 1.54) is 24.8 Å². The van der Waals surface area contributed by atoms with Crippen LogP contribution in [0.3, 0.4) is 0 Å². The molecule has 1 N–H and O–H groups in total. The summed E-state index contributed by atoms with van der Waals surface area (Å²) in [7, 11) is 2.21. The lowest BCUT2D eigenvalue weighted by molar-refractivity contribution is 0.214. The maximum absolute atomic E-state index is 5.36. The number of aryl methyl sites for hydroxylation is 1. The van der Waals surface area contributed by atoms with Gasteiger partial charge >= 0.3 is 0 Å². The highest BCUT2D eigenvalue weighted by Gasteiger charge is 2.15. The van der Waals surface area contributed by atoms with E-state index in [0.29, 0.717) is 6.04 Å². The molecule has 104 valence electrons. The van der Waals surface area contributed by atoms with Crippen molar-refractivity contribution in [3.05, 3.63) is 23.7 Å². The van der Waals surface area contributed by atoms with Crippen molar-refractivity contribution in [3.63, 3.8) is 0 Å². The molecule has 0 spiro atoms. The van der Waals surface area contributed by atoms with Crippen LogP contribution in [0.4, 0.5) is 0 Å². The van der Waals surface area contributed by atoms with Crippen molar-refractivity contribution in [2.24, 2.45) is 0 Å². The quantitative estimate of drug-likeness (QED) is 0.684. The normalized spacial score (nSPS) is 13.2. The molecule has 1 unspecified atom stereocenters. The summed E-state index contributed by atoms with van der Waals surface area (Å²) in [5.74, 6) is 1.04. The lowest BCUT2D eigenvalue weighted by atomic mass is 10.1. The number of furan rings is 1. The number of hydrogen-bond donors (Lipinski definition) is 1. The zero-order valence-corrected chi connectivity index (χ0v) is 12.3. The predicted octanol–water partition coefficient (Wildman–Crippen LogP) is 3.19. The molecule has 1 heterocycles. The van der Waals surface area contributed by atoms with Crippen molar-refractivity contribution in [2.75, 3.05) is 20.1 Å². The Morgan fingerprint density at radius 3 is 2.67 bits per heavy atom. The van der Waals surface area contributed by atoms with Gasteiger partial charge in [0.25, 0.3) is 0 Å². The van der Waals surface area contributed by atoms with Gasteiger partial charge in [-0.3, -0.25) is 4.90 Å². The first-order chi connectivity index (χ1) is 8.69. The number of nitrogens with one attached hydrogen (secondary N) is 1. The fourth-order valence-corrected chi connectivity index (χ4v) is 2.23. The van der Waals surface area contributed by atoms with Gasteiger partial charge < -0.3 is 9.73 Å². The topological polar surface area (TPSA) is 28.4 Å². The third-order valence-corrected chi connectivity index (χ3v) is 3.44. The zero-order valence-electron chi connectivity index (χ0n) is 12.3. The molecule has 0 amide bonds. The minimum Gasteiger partial charge on any atom is -0.469 e. The molecule has 18 heavy (non-hydrogen) atoms. The van der Waals surface area contributed by atoms with Gasteiger partial charge in [0, 0.05) is 24.7 Å². The highest BCUT2D eigenvalue weighted by atomic mass is 16.3. The van der Waals surface area contributed by atoms with Crippen LogP contribution in [0.15, 0.2) is 16.7 Å². The molecule has 3 heteroatoms. The van der Waals surface area contributed by atoms with E-state index in [4.69, 9.17) is 4.42 Å². The van der Waals surface area contributed by atoms with Crippen LogP contribution in [-0.4, -0.2) is 31.1 Å². The van der Waals surface area contributed by atoms with Gasteiger partial charge in [-0.25, -0.2) is 0 Å². The van der Waals surface area contributed by atoms with E-state index >= 15 is 0 Å². The molecule has 0 radical (unpaired) electrons. The first-order valence-electron chi connectivity index (χ1n) is 7.12. The average Bonchev–Trinajstić information content (AvgIpc) is 2.74. The van der Waals surface area contributed by atoms with E-state index in [0.717, 1.165) is 25.4 Å². The Bertz CT molecular complexity index is 322. The maximum atomic E-state index is 5.36. The van der Waals surface area contributed by atoms with Crippen molar-refractivity contribution in [1.82, 2.24) is 10.2 Å². The van der Waals surface area contributed by atoms with Gasteiger partial charge in [-0.1, -0.05) is 20.3 Å². The second kappa shape index (κ2) is 8.33. The van der Waals surface area contributed by atoms with E-state index in [1.54, 1.807) is 6.26 Å². The van der Waals surface area contributed by atoms with Gasteiger partial charge in [-0.2, -0.15) is 0 Å². The number of likely N-dealkylation sites (N-methyl/N-ethyl adjacent to an activating group) is 1. The molecular weight excluding hydrogens is 224 g/mol. The first kappa shape index (κ1) is 15.3. The van der Waals surface area contributed by atoms with Gasteiger partial charge in [0.2, 0.25) is 0 Å². The molecule has 0 aliphatic rings. The molecule has 1 aromatic heterocycles. The fraction of sp³-hybridized carbons (Fsp3) is 0.733. The van der Waals surface area contributed by atoms with Crippen LogP contribution in [0.5, 0.6) is 0 Å². The molecule has 0 saturated carbocycles. The van der Waals surface area contributed by atoms with E-state index < -0.39 is 0 Å². The van der Waals surface area contributed by atoms with E-state index in [1.807, 2.05) is 6.92 Å². The highest BCUT2D eigenvalue weighted by molar-refractivity contribution is 5.15. The summed E-state index contributed by atoms with van der Waals surface area (Å²) < 4.78 is 5.36. The minimum atomic E-state index is 0.607. The lowest BCUT2D eigenvalue weighted by Gasteiger charge is -2.28. The van der Waals surface area contributed by atoms with E-state index in [2.05, 4.69) is 37.2 Å². The fourth-order valence-electron chi connectivity index (χ4n) is 2.23. The Morgan fingerprint density at radius 1 is 1.33 bits per heavy atom. The minimum absolute atomic E-state index is 0.607. The van der Waals surface area contributed by atoms with Gasteiger partial charge in [0.15, 0.2) is 0 Å². The van der Waals surface area contributed by atoms with Crippen molar-refractivity contribution in [1.29, 1.82) is 0 Å².